The highest BCUT2D eigenvalue weighted by molar-refractivity contribution is 6.03. The molecule has 14 bridgehead atoms. The SMILES string of the molecule is C=Cc1nc(C)c(/C=C/c2ccc(N(c3ccccc3)c3ccccc3)cc2)c2ccc([nH]2)c(-c2cc(OC)c(OC)c(OC)c2)c2nc(c(-c3ccc4c(c3)C(CCCCCC)(CCCCCC)c3cc(-c5c6nc(c(-c7cc(OC)c(OC)c(OC)c7)c7ccc(cc8nc(c(-c9cc(OC)c(OC)c(OC)c9)c9ccc5[nH]9)C=C8)[nH]7)C=C6)ccc3-4)c3ccc([nH]3)c1-c1cc(OC)c(OC)c(OC)c1)C=C2. The van der Waals surface area contributed by atoms with Gasteiger partial charge in [-0.2, -0.15) is 0 Å². The van der Waals surface area contributed by atoms with E-state index in [1.54, 1.807) is 85.3 Å². The molecule has 15 aromatic rings. The Labute approximate surface area is 833 Å². The molecule has 1 aliphatic carbocycles. The van der Waals surface area contributed by atoms with Gasteiger partial charge in [0.15, 0.2) is 46.0 Å². The number of hydrogen-bond acceptors (Lipinski definition) is 17. The van der Waals surface area contributed by atoms with Crippen molar-refractivity contribution in [1.29, 1.82) is 0 Å². The number of H-pyrrole nitrogens is 4. The second-order valence-electron chi connectivity index (χ2n) is 35.8. The lowest BCUT2D eigenvalue weighted by Gasteiger charge is -2.33. The van der Waals surface area contributed by atoms with Crippen molar-refractivity contribution in [2.75, 3.05) is 90.2 Å². The topological polar surface area (TPSA) is 229 Å². The zero-order chi connectivity index (χ0) is 99.1. The van der Waals surface area contributed by atoms with Gasteiger partial charge in [-0.25, -0.2) is 15.0 Å². The fourth-order valence-electron chi connectivity index (χ4n) is 20.8. The number of nitrogens with one attached hydrogen (secondary N) is 4. The van der Waals surface area contributed by atoms with E-state index in [-0.39, 0.29) is 0 Å². The number of para-hydroxylation sites is 2. The van der Waals surface area contributed by atoms with Crippen molar-refractivity contribution in [2.24, 2.45) is 0 Å². The Hall–Kier alpha value is -16.7. The number of rotatable bonds is 34. The molecule has 143 heavy (non-hydrogen) atoms. The standard InChI is InChI=1S/C122H117N9O12/c1-17-20-22-30-60-122(61-31-23-21-18-2)89-62-75(39-46-87(89)88-47-40-76(63-90(88)122)113-96-53-57-101(128-96)115(78-66-106(134-7)119(141-14)107(67-78)135-8)93-48-41-81(124-93)72-82-42-49-94(125-82)116(102-58-54-97(113)129-102)79-68-108(136-9)120(142-15)109(69-79)137-10)112-95-52-56-99(127-95)114(77-64-104(132-5)118(140-13)105(65-77)133-6)91(19-3)123-73(4)86(45-38-74-36-43-85(44-37-74)131(83-32-26-24-27-33-83)84-34-28-25-29-35-84)92-50-51-100(126-92)117(103-59-55-98(112)130-103)80-70-110(138-11)121(143-16)111(71-80)139-12/h19,24-29,32-59,62-72,124,126-127,129H,3,17-18,20-23,30-31,60-61H2,1-2,4-16H3/b45-38+,81-72?,82-72?,86-73?,92-86?,112-95?,112-98?,113-96?,113-97?,114-91?,114-99?,115-93?,115-101?,116-94?,116-102?,117-100?,117-103?,123-73?,123-91?. The quantitative estimate of drug-likeness (QED) is 0.0275. The maximum atomic E-state index is 6.20. The van der Waals surface area contributed by atoms with Crippen LogP contribution in [0.5, 0.6) is 69.0 Å². The van der Waals surface area contributed by atoms with Crippen molar-refractivity contribution in [3.63, 3.8) is 0 Å². The maximum Gasteiger partial charge on any atom is 0.203 e. The molecule has 4 aliphatic rings. The van der Waals surface area contributed by atoms with Crippen molar-refractivity contribution in [1.82, 2.24) is 39.9 Å². The number of benzene rings is 9. The Bertz CT molecular complexity index is 7680. The highest BCUT2D eigenvalue weighted by Crippen LogP contribution is 2.58. The van der Waals surface area contributed by atoms with Crippen LogP contribution in [-0.2, 0) is 5.41 Å². The Kier molecular flexibility index (Phi) is 27.8. The molecule has 0 amide bonds. The summed E-state index contributed by atoms with van der Waals surface area (Å²) < 4.78 is 73.1. The Balaban J connectivity index is 0.869. The number of hydrogen-bond donors (Lipinski definition) is 4. The lowest BCUT2D eigenvalue weighted by atomic mass is 9.70. The van der Waals surface area contributed by atoms with E-state index in [9.17, 15) is 0 Å². The van der Waals surface area contributed by atoms with E-state index in [0.29, 0.717) is 103 Å². The Morgan fingerprint density at radius 1 is 0.308 bits per heavy atom. The number of nitrogens with zero attached hydrogens (tertiary/aromatic N) is 5. The summed E-state index contributed by atoms with van der Waals surface area (Å²) in [7, 11) is 19.6. The predicted octanol–water partition coefficient (Wildman–Crippen LogP) is 30.0. The third kappa shape index (κ3) is 18.2. The molecule has 9 aromatic carbocycles. The first kappa shape index (κ1) is 95.2. The van der Waals surface area contributed by atoms with Crippen molar-refractivity contribution in [2.45, 2.75) is 90.4 Å². The normalized spacial score (nSPS) is 12.3. The van der Waals surface area contributed by atoms with E-state index < -0.39 is 5.41 Å². The minimum atomic E-state index is -0.532. The molecule has 0 saturated heterocycles. The molecule has 0 spiro atoms. The number of ether oxygens (including phenoxy) is 12. The fraction of sp³-hybridized carbons (Fsp3) is 0.213. The average Bonchev–Trinajstić information content (AvgIpc) is 1.55. The zero-order valence-electron chi connectivity index (χ0n) is 83.5. The molecule has 6 aromatic heterocycles. The van der Waals surface area contributed by atoms with Crippen LogP contribution in [0.15, 0.2) is 231 Å². The summed E-state index contributed by atoms with van der Waals surface area (Å²) in [6.45, 7) is 11.2. The van der Waals surface area contributed by atoms with Crippen LogP contribution in [0.1, 0.15) is 146 Å². The van der Waals surface area contributed by atoms with Crippen LogP contribution < -0.4 is 61.7 Å². The zero-order valence-corrected chi connectivity index (χ0v) is 83.5. The number of fused-ring (bicyclic) bond motifs is 17. The number of aryl methyl sites for hydroxylation is 1. The summed E-state index contributed by atoms with van der Waals surface area (Å²) in [6.07, 6.45) is 28.8. The van der Waals surface area contributed by atoms with Crippen LogP contribution in [0.25, 0.3) is 177 Å². The molecular weight excluding hydrogens is 1780 g/mol. The number of anilines is 3. The van der Waals surface area contributed by atoms with E-state index >= 15 is 0 Å². The van der Waals surface area contributed by atoms with E-state index in [1.165, 1.54) is 22.3 Å². The molecular formula is C122H117N9O12. The summed E-state index contributed by atoms with van der Waals surface area (Å²) in [5.41, 5.74) is 30.8. The average molecular weight is 1900 g/mol. The van der Waals surface area contributed by atoms with Gasteiger partial charge >= 0.3 is 0 Å². The van der Waals surface area contributed by atoms with Crippen LogP contribution in [0.2, 0.25) is 0 Å². The van der Waals surface area contributed by atoms with Gasteiger partial charge in [-0.05, 0) is 275 Å². The number of aromatic nitrogens is 8. The van der Waals surface area contributed by atoms with Gasteiger partial charge in [0.2, 0.25) is 23.0 Å². The second kappa shape index (κ2) is 41.8. The second-order valence-corrected chi connectivity index (χ2v) is 35.8. The summed E-state index contributed by atoms with van der Waals surface area (Å²) in [5.74, 6) is 5.71. The molecule has 9 heterocycles. The van der Waals surface area contributed by atoms with Gasteiger partial charge in [0, 0.05) is 111 Å². The summed E-state index contributed by atoms with van der Waals surface area (Å²) in [5, 5.41) is 0. The first-order valence-corrected chi connectivity index (χ1v) is 48.5. The minimum Gasteiger partial charge on any atom is -0.493 e. The number of aromatic amines is 4. The summed E-state index contributed by atoms with van der Waals surface area (Å²) >= 11 is 0. The summed E-state index contributed by atoms with van der Waals surface area (Å²) in [6, 6.07) is 78.6. The van der Waals surface area contributed by atoms with E-state index in [0.717, 1.165) is 215 Å². The molecule has 0 fully saturated rings. The molecule has 722 valence electrons. The number of methoxy groups -OCH3 is 12. The molecule has 0 unspecified atom stereocenters. The van der Waals surface area contributed by atoms with Gasteiger partial charge in [0.25, 0.3) is 0 Å². The van der Waals surface area contributed by atoms with Crippen molar-refractivity contribution in [3.05, 3.63) is 299 Å². The molecule has 0 radical (unpaired) electrons. The largest absolute Gasteiger partial charge is 0.493 e. The van der Waals surface area contributed by atoms with Crippen molar-refractivity contribution in [3.8, 4) is 147 Å². The van der Waals surface area contributed by atoms with Gasteiger partial charge < -0.3 is 81.7 Å². The van der Waals surface area contributed by atoms with E-state index in [4.69, 9.17) is 76.8 Å². The van der Waals surface area contributed by atoms with Gasteiger partial charge in [-0.15, -0.1) is 0 Å². The van der Waals surface area contributed by atoms with Crippen LogP contribution in [0, 0.1) is 6.92 Å². The van der Waals surface area contributed by atoms with Crippen molar-refractivity contribution < 1.29 is 56.8 Å². The lowest BCUT2D eigenvalue weighted by molar-refractivity contribution is 0.324. The molecule has 0 saturated carbocycles. The smallest absolute Gasteiger partial charge is 0.203 e. The monoisotopic (exact) mass is 1900 g/mol. The molecule has 19 rings (SSSR count). The van der Waals surface area contributed by atoms with Crippen molar-refractivity contribution >= 4 is 116 Å². The highest BCUT2D eigenvalue weighted by Gasteiger charge is 2.44. The lowest BCUT2D eigenvalue weighted by Crippen LogP contribution is -2.25. The molecule has 3 aliphatic heterocycles. The number of unbranched alkanes of at least 4 members (excludes halogenated alkanes) is 6. The molecule has 4 N–H and O–H groups in total. The molecule has 21 heteroatoms. The van der Waals surface area contributed by atoms with Gasteiger partial charge in [-0.1, -0.05) is 157 Å². The van der Waals surface area contributed by atoms with Gasteiger partial charge in [0.1, 0.15) is 0 Å². The third-order valence-electron chi connectivity index (χ3n) is 27.6. The first-order chi connectivity index (χ1) is 70.1. The first-order valence-electron chi connectivity index (χ1n) is 48.5. The minimum absolute atomic E-state index is 0.440. The van der Waals surface area contributed by atoms with E-state index in [2.05, 4.69) is 246 Å². The fourth-order valence-corrected chi connectivity index (χ4v) is 20.8. The van der Waals surface area contributed by atoms with Crippen LogP contribution in [0.4, 0.5) is 17.1 Å². The Morgan fingerprint density at radius 3 is 1.03 bits per heavy atom. The highest BCUT2D eigenvalue weighted by atomic mass is 16.6. The summed E-state index contributed by atoms with van der Waals surface area (Å²) in [4.78, 5) is 41.1. The van der Waals surface area contributed by atoms with Crippen LogP contribution in [-0.4, -0.2) is 125 Å². The van der Waals surface area contributed by atoms with Crippen LogP contribution in [0.3, 0.4) is 0 Å². The Morgan fingerprint density at radius 2 is 0.650 bits per heavy atom. The predicted molar refractivity (Wildman–Crippen MR) is 582 cm³/mol. The van der Waals surface area contributed by atoms with E-state index in [1.807, 2.05) is 85.8 Å². The van der Waals surface area contributed by atoms with Gasteiger partial charge in [0.05, 0.1) is 125 Å². The molecule has 0 atom stereocenters. The third-order valence-corrected chi connectivity index (χ3v) is 27.6. The van der Waals surface area contributed by atoms with Crippen LogP contribution >= 0.6 is 0 Å². The molecule has 21 nitrogen and oxygen atoms in total. The van der Waals surface area contributed by atoms with Gasteiger partial charge in [-0.3, -0.25) is 4.98 Å². The maximum absolute atomic E-state index is 6.20.